The Labute approximate surface area is 104 Å². The van der Waals surface area contributed by atoms with Crippen LogP contribution in [0.3, 0.4) is 0 Å². The van der Waals surface area contributed by atoms with Crippen LogP contribution in [0.2, 0.25) is 0 Å². The van der Waals surface area contributed by atoms with E-state index in [-0.39, 0.29) is 46.8 Å². The van der Waals surface area contributed by atoms with Crippen molar-refractivity contribution in [3.63, 3.8) is 0 Å². The summed E-state index contributed by atoms with van der Waals surface area (Å²) in [5.74, 6) is 0. The molecule has 0 aromatic carbocycles. The molecule has 0 aromatic rings. The first-order chi connectivity index (χ1) is 3.71. The molecule has 0 saturated carbocycles. The van der Waals surface area contributed by atoms with Crippen molar-refractivity contribution >= 4 is 32.9 Å². The van der Waals surface area contributed by atoms with Gasteiger partial charge in [-0.2, -0.15) is 0 Å². The summed E-state index contributed by atoms with van der Waals surface area (Å²) in [4.78, 5) is 0. The predicted octanol–water partition coefficient (Wildman–Crippen LogP) is -1.71. The summed E-state index contributed by atoms with van der Waals surface area (Å²) < 4.78 is 54.6. The minimum absolute atomic E-state index is 0. The fraction of sp³-hybridized carbons (Fsp3) is 0. The summed E-state index contributed by atoms with van der Waals surface area (Å²) in [5.41, 5.74) is 0. The molecule has 0 amide bonds. The molecule has 0 heterocycles. The molecule has 11 heavy (non-hydrogen) atoms. The second kappa shape index (κ2) is 6.59. The van der Waals surface area contributed by atoms with Gasteiger partial charge in [-0.1, -0.05) is 0 Å². The largest absolute Gasteiger partial charge is 0 e. The van der Waals surface area contributed by atoms with E-state index in [1.165, 1.54) is 0 Å². The van der Waals surface area contributed by atoms with E-state index in [9.17, 15) is 16.8 Å². The van der Waals surface area contributed by atoms with Crippen molar-refractivity contribution in [3.8, 4) is 0 Å². The third-order valence-corrected chi connectivity index (χ3v) is 10.4. The van der Waals surface area contributed by atoms with Crippen LogP contribution in [0.5, 0.6) is 0 Å². The summed E-state index contributed by atoms with van der Waals surface area (Å²) in [6.07, 6.45) is 0. The molecule has 60 valence electrons. The summed E-state index contributed by atoms with van der Waals surface area (Å²) in [7, 11) is -8.98. The van der Waals surface area contributed by atoms with Crippen LogP contribution in [0.25, 0.3) is 0 Å². The molecule has 0 unspecified atom stereocenters. The first-order valence-corrected chi connectivity index (χ1v) is 9.80. The Hall–Kier alpha value is 2.16. The summed E-state index contributed by atoms with van der Waals surface area (Å²) >= 11 is -2.78. The Morgan fingerprint density at radius 3 is 1.09 bits per heavy atom. The molecule has 0 fully saturated rings. The number of rotatable bonds is 2. The van der Waals surface area contributed by atoms with Crippen molar-refractivity contribution in [2.45, 2.75) is 0 Å². The van der Waals surface area contributed by atoms with Gasteiger partial charge in [0.05, 0.1) is 0 Å². The van der Waals surface area contributed by atoms with Crippen molar-refractivity contribution in [1.29, 1.82) is 0 Å². The molecule has 0 aromatic heterocycles. The van der Waals surface area contributed by atoms with Crippen LogP contribution in [0, 0.1) is 0 Å². The Kier molecular flexibility index (Phi) is 11.3. The van der Waals surface area contributed by atoms with E-state index in [0.29, 0.717) is 0 Å². The summed E-state index contributed by atoms with van der Waals surface area (Å²) in [6.45, 7) is 0. The molecule has 2 N–H and O–H groups in total. The van der Waals surface area contributed by atoms with E-state index in [1.807, 2.05) is 0 Å². The molecule has 11 heteroatoms. The maximum absolute atomic E-state index is 9.72. The van der Waals surface area contributed by atoms with Gasteiger partial charge in [0.2, 0.25) is 0 Å². The molecular formula is H2CdO6S2TeZn. The first kappa shape index (κ1) is 18.8. The zero-order valence-electron chi connectivity index (χ0n) is 5.17. The standard InChI is InChI=1S/Cd.H2O6S2Te.Zn/c;1-7(2,3)9-8(4,5)6;/h;(H,1,2,3)(H,4,5,6);. The fourth-order valence-electron chi connectivity index (χ4n) is 0.109. The average Bonchev–Trinajstić information content (AvgIpc) is 1.14. The fourth-order valence-corrected chi connectivity index (χ4v) is 6.56. The van der Waals surface area contributed by atoms with Gasteiger partial charge in [0, 0.05) is 46.8 Å². The Morgan fingerprint density at radius 2 is 1.09 bits per heavy atom. The second-order valence-corrected chi connectivity index (χ2v) is 13.9. The van der Waals surface area contributed by atoms with Crippen LogP contribution in [0.15, 0.2) is 0 Å². The monoisotopic (exact) mass is 470 g/mol. The molecule has 0 atom stereocenters. The van der Waals surface area contributed by atoms with Gasteiger partial charge < -0.3 is 0 Å². The van der Waals surface area contributed by atoms with Gasteiger partial charge in [0.1, 0.15) is 0 Å². The summed E-state index contributed by atoms with van der Waals surface area (Å²) in [5, 5.41) is 0. The maximum Gasteiger partial charge on any atom is 0 e. The molecule has 0 aliphatic rings. The van der Waals surface area contributed by atoms with Crippen molar-refractivity contribution in [2.75, 3.05) is 0 Å². The SMILES string of the molecule is O=S(=O)(O)[Te]S(=O)(=O)O.[Cd].[Zn]. The van der Waals surface area contributed by atoms with Gasteiger partial charge in [-0.05, 0) is 0 Å². The summed E-state index contributed by atoms with van der Waals surface area (Å²) in [6, 6.07) is 0. The molecule has 6 nitrogen and oxygen atoms in total. The van der Waals surface area contributed by atoms with E-state index < -0.39 is 32.9 Å². The van der Waals surface area contributed by atoms with Crippen LogP contribution in [0.4, 0.5) is 0 Å². The van der Waals surface area contributed by atoms with E-state index in [4.69, 9.17) is 9.11 Å². The second-order valence-electron chi connectivity index (χ2n) is 0.924. The van der Waals surface area contributed by atoms with Gasteiger partial charge in [-0.15, -0.1) is 0 Å². The predicted molar refractivity (Wildman–Crippen MR) is 28.9 cm³/mol. The van der Waals surface area contributed by atoms with E-state index in [2.05, 4.69) is 0 Å². The van der Waals surface area contributed by atoms with Crippen molar-refractivity contribution in [1.82, 2.24) is 0 Å². The molecule has 0 bridgehead atoms. The van der Waals surface area contributed by atoms with Crippen LogP contribution >= 0.6 is 0 Å². The van der Waals surface area contributed by atoms with Crippen molar-refractivity contribution in [3.05, 3.63) is 0 Å². The normalized spacial score (nSPS) is 11.1. The van der Waals surface area contributed by atoms with Gasteiger partial charge in [-0.3, -0.25) is 0 Å². The van der Waals surface area contributed by atoms with Gasteiger partial charge in [0.25, 0.3) is 0 Å². The molecule has 0 saturated heterocycles. The van der Waals surface area contributed by atoms with E-state index in [1.54, 1.807) is 0 Å². The first-order valence-electron chi connectivity index (χ1n) is 1.37. The quantitative estimate of drug-likeness (QED) is 0.370. The van der Waals surface area contributed by atoms with Crippen molar-refractivity contribution < 1.29 is 72.7 Å². The molecule has 0 rings (SSSR count). The Morgan fingerprint density at radius 1 is 0.909 bits per heavy atom. The van der Waals surface area contributed by atoms with E-state index >= 15 is 0 Å². The van der Waals surface area contributed by atoms with Crippen LogP contribution in [0.1, 0.15) is 0 Å². The zero-order chi connectivity index (χ0) is 7.71. The smallest absolute Gasteiger partial charge is 0 e. The zero-order valence-corrected chi connectivity index (χ0v) is 16.1. The third-order valence-electron chi connectivity index (χ3n) is 0.172. The van der Waals surface area contributed by atoms with E-state index in [0.717, 1.165) is 0 Å². The minimum atomic E-state index is -4.49. The third kappa shape index (κ3) is 18.8. The Balaban J connectivity index is -0.000000320. The Bertz CT molecular complexity index is 246. The van der Waals surface area contributed by atoms with Gasteiger partial charge >= 0.3 is 58.8 Å². The topological polar surface area (TPSA) is 109 Å². The van der Waals surface area contributed by atoms with Crippen LogP contribution in [-0.4, -0.2) is 44.1 Å². The molecule has 0 aliphatic carbocycles. The maximum atomic E-state index is 9.72. The molecule has 0 radical (unpaired) electrons. The van der Waals surface area contributed by atoms with Crippen molar-refractivity contribution in [2.24, 2.45) is 0 Å². The van der Waals surface area contributed by atoms with Crippen LogP contribution in [-0.2, 0) is 61.5 Å². The number of hydrogen-bond acceptors (Lipinski definition) is 4. The average molecular weight is 468 g/mol. The van der Waals surface area contributed by atoms with Gasteiger partial charge in [0.15, 0.2) is 0 Å². The number of hydrogen-bond donors (Lipinski definition) is 2. The molecule has 0 aliphatic heterocycles. The van der Waals surface area contributed by atoms with Gasteiger partial charge in [-0.25, -0.2) is 0 Å². The molecular weight excluding hydrogens is 466 g/mol. The minimum Gasteiger partial charge on any atom is 0 e. The van der Waals surface area contributed by atoms with Crippen LogP contribution < -0.4 is 0 Å². The molecule has 0 spiro atoms.